The molecule has 0 saturated heterocycles. The molecule has 0 amide bonds. The molecule has 2 rings (SSSR count). The number of imidazole rings is 1. The summed E-state index contributed by atoms with van der Waals surface area (Å²) >= 11 is 2.89. The van der Waals surface area contributed by atoms with E-state index in [2.05, 4.69) is 21.5 Å². The lowest BCUT2D eigenvalue weighted by Gasteiger charge is -2.13. The minimum Gasteiger partial charge on any atom is -0.481 e. The van der Waals surface area contributed by atoms with Gasteiger partial charge in [-0.1, -0.05) is 18.7 Å². The van der Waals surface area contributed by atoms with Crippen LogP contribution in [-0.2, 0) is 11.3 Å². The van der Waals surface area contributed by atoms with Crippen molar-refractivity contribution in [3.63, 3.8) is 0 Å². The Balaban J connectivity index is 2.10. The number of hydrogen-bond donors (Lipinski definition) is 1. The molecule has 0 aromatic carbocycles. The lowest BCUT2D eigenvalue weighted by atomic mass is 10.2. The Kier molecular flexibility index (Phi) is 4.60. The molecule has 2 aromatic heterocycles. The summed E-state index contributed by atoms with van der Waals surface area (Å²) in [5, 5.41) is 12.5. The molecule has 2 heterocycles. The first-order chi connectivity index (χ1) is 9.08. The van der Waals surface area contributed by atoms with E-state index in [1.807, 2.05) is 12.3 Å². The van der Waals surface area contributed by atoms with Crippen molar-refractivity contribution in [1.29, 1.82) is 0 Å². The average molecular weight is 297 g/mol. The number of carboxylic acids is 1. The van der Waals surface area contributed by atoms with Crippen LogP contribution < -0.4 is 0 Å². The monoisotopic (exact) mass is 297 g/mol. The van der Waals surface area contributed by atoms with E-state index in [1.54, 1.807) is 23.7 Å². The van der Waals surface area contributed by atoms with Crippen LogP contribution in [-0.4, -0.2) is 31.4 Å². The van der Waals surface area contributed by atoms with Gasteiger partial charge in [-0.25, -0.2) is 9.97 Å². The van der Waals surface area contributed by atoms with Gasteiger partial charge in [0.05, 0.1) is 10.8 Å². The number of aromatic nitrogens is 3. The van der Waals surface area contributed by atoms with E-state index in [9.17, 15) is 4.79 Å². The molecule has 0 spiro atoms. The predicted molar refractivity (Wildman–Crippen MR) is 75.9 cm³/mol. The molecular formula is C12H15N3O2S2. The SMILES string of the molecule is Cc1cnc(SCC(=O)O)n1CC(C)c1nccs1. The second kappa shape index (κ2) is 6.21. The molecule has 19 heavy (non-hydrogen) atoms. The second-order valence-electron chi connectivity index (χ2n) is 4.25. The zero-order valence-corrected chi connectivity index (χ0v) is 12.4. The first-order valence-electron chi connectivity index (χ1n) is 5.84. The highest BCUT2D eigenvalue weighted by atomic mass is 32.2. The Morgan fingerprint density at radius 2 is 2.37 bits per heavy atom. The number of aliphatic carboxylic acids is 1. The van der Waals surface area contributed by atoms with Crippen LogP contribution in [0.2, 0.25) is 0 Å². The maximum absolute atomic E-state index is 10.6. The van der Waals surface area contributed by atoms with Crippen molar-refractivity contribution in [2.45, 2.75) is 31.5 Å². The van der Waals surface area contributed by atoms with Crippen molar-refractivity contribution in [1.82, 2.24) is 14.5 Å². The van der Waals surface area contributed by atoms with E-state index >= 15 is 0 Å². The number of hydrogen-bond acceptors (Lipinski definition) is 5. The smallest absolute Gasteiger partial charge is 0.313 e. The highest BCUT2D eigenvalue weighted by Crippen LogP contribution is 2.24. The van der Waals surface area contributed by atoms with E-state index < -0.39 is 5.97 Å². The Morgan fingerprint density at radius 1 is 1.58 bits per heavy atom. The molecule has 1 atom stereocenters. The van der Waals surface area contributed by atoms with Crippen LogP contribution in [0.5, 0.6) is 0 Å². The molecule has 0 saturated carbocycles. The van der Waals surface area contributed by atoms with E-state index in [4.69, 9.17) is 5.11 Å². The number of nitrogens with zero attached hydrogens (tertiary/aromatic N) is 3. The molecular weight excluding hydrogens is 282 g/mol. The van der Waals surface area contributed by atoms with Gasteiger partial charge in [-0.2, -0.15) is 0 Å². The highest BCUT2D eigenvalue weighted by Gasteiger charge is 2.15. The van der Waals surface area contributed by atoms with E-state index in [0.29, 0.717) is 0 Å². The average Bonchev–Trinajstić information content (AvgIpc) is 2.99. The maximum Gasteiger partial charge on any atom is 0.313 e. The van der Waals surface area contributed by atoms with Gasteiger partial charge in [0.25, 0.3) is 0 Å². The second-order valence-corrected chi connectivity index (χ2v) is 6.12. The van der Waals surface area contributed by atoms with Crippen molar-refractivity contribution in [2.24, 2.45) is 0 Å². The summed E-state index contributed by atoms with van der Waals surface area (Å²) in [6, 6.07) is 0. The van der Waals surface area contributed by atoms with Crippen LogP contribution >= 0.6 is 23.1 Å². The number of thioether (sulfide) groups is 1. The summed E-state index contributed by atoms with van der Waals surface area (Å²) in [4.78, 5) is 19.2. The molecule has 102 valence electrons. The predicted octanol–water partition coefficient (Wildman–Crippen LogP) is 2.63. The zero-order chi connectivity index (χ0) is 13.8. The summed E-state index contributed by atoms with van der Waals surface area (Å²) in [6.07, 6.45) is 3.58. The van der Waals surface area contributed by atoms with Crippen LogP contribution in [0, 0.1) is 6.92 Å². The molecule has 7 heteroatoms. The minimum atomic E-state index is -0.829. The number of carbonyl (C=O) groups is 1. The molecule has 1 N–H and O–H groups in total. The van der Waals surface area contributed by atoms with Crippen molar-refractivity contribution in [3.05, 3.63) is 28.5 Å². The van der Waals surface area contributed by atoms with E-state index in [0.717, 1.165) is 22.4 Å². The fourth-order valence-electron chi connectivity index (χ4n) is 1.73. The third-order valence-corrected chi connectivity index (χ3v) is 4.66. The van der Waals surface area contributed by atoms with Gasteiger partial charge in [-0.3, -0.25) is 4.79 Å². The fraction of sp³-hybridized carbons (Fsp3) is 0.417. The lowest BCUT2D eigenvalue weighted by Crippen LogP contribution is -2.10. The third-order valence-electron chi connectivity index (χ3n) is 2.67. The van der Waals surface area contributed by atoms with Gasteiger partial charge in [0.15, 0.2) is 5.16 Å². The van der Waals surface area contributed by atoms with Crippen LogP contribution in [0.3, 0.4) is 0 Å². The Hall–Kier alpha value is -1.34. The number of thiazole rings is 1. The first kappa shape index (κ1) is 14.1. The Bertz CT molecular complexity index is 551. The van der Waals surface area contributed by atoms with Crippen molar-refractivity contribution >= 4 is 29.1 Å². The zero-order valence-electron chi connectivity index (χ0n) is 10.7. The Labute approximate surface area is 119 Å². The molecule has 0 aliphatic rings. The summed E-state index contributed by atoms with van der Waals surface area (Å²) in [6.45, 7) is 4.86. The van der Waals surface area contributed by atoms with Crippen LogP contribution in [0.1, 0.15) is 23.5 Å². The van der Waals surface area contributed by atoms with Gasteiger partial charge in [-0.15, -0.1) is 11.3 Å². The van der Waals surface area contributed by atoms with E-state index in [-0.39, 0.29) is 11.7 Å². The van der Waals surface area contributed by atoms with Crippen molar-refractivity contribution in [3.8, 4) is 0 Å². The third kappa shape index (κ3) is 3.57. The maximum atomic E-state index is 10.6. The number of carboxylic acid groups (broad SMARTS) is 1. The van der Waals surface area contributed by atoms with Gasteiger partial charge in [0.2, 0.25) is 0 Å². The van der Waals surface area contributed by atoms with Gasteiger partial charge < -0.3 is 9.67 Å². The van der Waals surface area contributed by atoms with E-state index in [1.165, 1.54) is 11.8 Å². The van der Waals surface area contributed by atoms with Gasteiger partial charge in [0, 0.05) is 35.9 Å². The first-order valence-corrected chi connectivity index (χ1v) is 7.70. The molecule has 2 aromatic rings. The summed E-state index contributed by atoms with van der Waals surface area (Å²) in [5.74, 6) is -0.510. The normalized spacial score (nSPS) is 12.5. The van der Waals surface area contributed by atoms with Crippen LogP contribution in [0.4, 0.5) is 0 Å². The van der Waals surface area contributed by atoms with Crippen LogP contribution in [0.15, 0.2) is 22.9 Å². The van der Waals surface area contributed by atoms with Crippen molar-refractivity contribution < 1.29 is 9.90 Å². The topological polar surface area (TPSA) is 68.0 Å². The summed E-state index contributed by atoms with van der Waals surface area (Å²) in [5.41, 5.74) is 1.04. The summed E-state index contributed by atoms with van der Waals surface area (Å²) in [7, 11) is 0. The lowest BCUT2D eigenvalue weighted by molar-refractivity contribution is -0.133. The van der Waals surface area contributed by atoms with Gasteiger partial charge >= 0.3 is 5.97 Å². The van der Waals surface area contributed by atoms with Gasteiger partial charge in [0.1, 0.15) is 0 Å². The quantitative estimate of drug-likeness (QED) is 0.830. The fourth-order valence-corrected chi connectivity index (χ4v) is 3.18. The molecule has 0 fully saturated rings. The van der Waals surface area contributed by atoms with Crippen LogP contribution in [0.25, 0.3) is 0 Å². The molecule has 0 bridgehead atoms. The summed E-state index contributed by atoms with van der Waals surface area (Å²) < 4.78 is 2.06. The van der Waals surface area contributed by atoms with Crippen molar-refractivity contribution in [2.75, 3.05) is 5.75 Å². The number of aryl methyl sites for hydroxylation is 1. The minimum absolute atomic E-state index is 0.0298. The molecule has 0 aliphatic heterocycles. The highest BCUT2D eigenvalue weighted by molar-refractivity contribution is 7.99. The largest absolute Gasteiger partial charge is 0.481 e. The Morgan fingerprint density at radius 3 is 3.00 bits per heavy atom. The molecule has 0 radical (unpaired) electrons. The van der Waals surface area contributed by atoms with Gasteiger partial charge in [-0.05, 0) is 6.92 Å². The molecule has 5 nitrogen and oxygen atoms in total. The standard InChI is InChI=1S/C12H15N3O2S2/c1-8(11-13-3-4-18-11)6-15-9(2)5-14-12(15)19-7-10(16)17/h3-5,8H,6-7H2,1-2H3,(H,16,17). The number of rotatable bonds is 6. The molecule has 0 aliphatic carbocycles. The molecule has 1 unspecified atom stereocenters.